The van der Waals surface area contributed by atoms with Gasteiger partial charge >= 0.3 is 0 Å². The molecule has 0 saturated carbocycles. The first kappa shape index (κ1) is 20.5. The van der Waals surface area contributed by atoms with E-state index in [1.807, 2.05) is 35.2 Å². The van der Waals surface area contributed by atoms with Gasteiger partial charge < -0.3 is 25.8 Å². The van der Waals surface area contributed by atoms with Gasteiger partial charge in [0.05, 0.1) is 17.8 Å². The van der Waals surface area contributed by atoms with Crippen LogP contribution in [0.2, 0.25) is 0 Å². The summed E-state index contributed by atoms with van der Waals surface area (Å²) >= 11 is 0. The van der Waals surface area contributed by atoms with Crippen molar-refractivity contribution in [2.75, 3.05) is 56.2 Å². The maximum absolute atomic E-state index is 11.9. The summed E-state index contributed by atoms with van der Waals surface area (Å²) in [6.45, 7) is 4.74. The summed E-state index contributed by atoms with van der Waals surface area (Å²) in [5, 5.41) is 3.37. The van der Waals surface area contributed by atoms with Crippen molar-refractivity contribution in [3.8, 4) is 0 Å². The first-order valence-corrected chi connectivity index (χ1v) is 9.79. The Bertz CT molecular complexity index is 889. The molecule has 1 saturated heterocycles. The lowest BCUT2D eigenvalue weighted by molar-refractivity contribution is -0.129. The van der Waals surface area contributed by atoms with Gasteiger partial charge in [0, 0.05) is 58.6 Å². The number of nitrogens with zero attached hydrogens (tertiary/aromatic N) is 3. The van der Waals surface area contributed by atoms with Gasteiger partial charge in [-0.2, -0.15) is 0 Å². The summed E-state index contributed by atoms with van der Waals surface area (Å²) in [4.78, 5) is 29.1. The van der Waals surface area contributed by atoms with Crippen LogP contribution in [0.1, 0.15) is 12.5 Å². The van der Waals surface area contributed by atoms with Crippen LogP contribution in [-0.2, 0) is 16.0 Å². The van der Waals surface area contributed by atoms with Crippen LogP contribution >= 0.6 is 0 Å². The van der Waals surface area contributed by atoms with Gasteiger partial charge in [-0.1, -0.05) is 12.1 Å². The molecule has 29 heavy (non-hydrogen) atoms. The molecule has 1 aliphatic heterocycles. The van der Waals surface area contributed by atoms with Crippen molar-refractivity contribution < 1.29 is 9.59 Å². The molecule has 1 aliphatic rings. The van der Waals surface area contributed by atoms with E-state index in [0.717, 1.165) is 48.8 Å². The van der Waals surface area contributed by atoms with Gasteiger partial charge in [0.15, 0.2) is 0 Å². The number of hydrogen-bond acceptors (Lipinski definition) is 5. The first-order chi connectivity index (χ1) is 13.8. The Kier molecular flexibility index (Phi) is 6.26. The third-order valence-electron chi connectivity index (χ3n) is 5.19. The number of nitrogens with two attached hydrogens (primary N) is 1. The zero-order chi connectivity index (χ0) is 21.0. The molecule has 0 atom stereocenters. The highest BCUT2D eigenvalue weighted by Gasteiger charge is 2.19. The third-order valence-corrected chi connectivity index (χ3v) is 5.19. The van der Waals surface area contributed by atoms with Crippen molar-refractivity contribution in [1.29, 1.82) is 0 Å². The number of anilines is 4. The normalized spacial score (nSPS) is 13.9. The van der Waals surface area contributed by atoms with Crippen LogP contribution in [0, 0.1) is 0 Å². The molecule has 0 radical (unpaired) electrons. The van der Waals surface area contributed by atoms with Crippen LogP contribution in [0.15, 0.2) is 42.5 Å². The van der Waals surface area contributed by atoms with E-state index in [9.17, 15) is 9.59 Å². The molecule has 0 aromatic heterocycles. The number of nitrogen functional groups attached to an aromatic ring is 1. The summed E-state index contributed by atoms with van der Waals surface area (Å²) in [5.74, 6) is 0.175. The number of benzene rings is 2. The topological polar surface area (TPSA) is 81.9 Å². The number of likely N-dealkylation sites (N-methyl/N-ethyl adjacent to an activating group) is 1. The first-order valence-electron chi connectivity index (χ1n) is 9.79. The summed E-state index contributed by atoms with van der Waals surface area (Å²) in [7, 11) is 3.49. The van der Waals surface area contributed by atoms with Crippen LogP contribution < -0.4 is 16.0 Å². The van der Waals surface area contributed by atoms with Gasteiger partial charge in [-0.05, 0) is 35.9 Å². The van der Waals surface area contributed by atoms with Crippen molar-refractivity contribution in [2.24, 2.45) is 0 Å². The van der Waals surface area contributed by atoms with Gasteiger partial charge in [-0.3, -0.25) is 9.59 Å². The zero-order valence-electron chi connectivity index (χ0n) is 17.3. The van der Waals surface area contributed by atoms with E-state index in [-0.39, 0.29) is 11.8 Å². The maximum atomic E-state index is 11.9. The summed E-state index contributed by atoms with van der Waals surface area (Å²) in [6.07, 6.45) is 0.333. The second-order valence-corrected chi connectivity index (χ2v) is 7.55. The fraction of sp³-hybridized carbons (Fsp3) is 0.364. The highest BCUT2D eigenvalue weighted by molar-refractivity contribution is 5.80. The van der Waals surface area contributed by atoms with E-state index in [2.05, 4.69) is 22.3 Å². The number of amides is 2. The van der Waals surface area contributed by atoms with Crippen LogP contribution in [0.3, 0.4) is 0 Å². The molecule has 2 aromatic rings. The van der Waals surface area contributed by atoms with Crippen LogP contribution in [0.4, 0.5) is 22.7 Å². The summed E-state index contributed by atoms with van der Waals surface area (Å²) in [6, 6.07) is 13.8. The lowest BCUT2D eigenvalue weighted by Crippen LogP contribution is -2.48. The average molecular weight is 396 g/mol. The molecular weight excluding hydrogens is 366 g/mol. The number of rotatable bonds is 5. The Labute approximate surface area is 172 Å². The largest absolute Gasteiger partial charge is 0.397 e. The maximum Gasteiger partial charge on any atom is 0.226 e. The number of piperazine rings is 1. The highest BCUT2D eigenvalue weighted by atomic mass is 16.2. The van der Waals surface area contributed by atoms with Crippen molar-refractivity contribution in [3.05, 3.63) is 48.0 Å². The Morgan fingerprint density at radius 3 is 2.41 bits per heavy atom. The molecular formula is C22H29N5O2. The molecule has 3 rings (SSSR count). The van der Waals surface area contributed by atoms with E-state index in [4.69, 9.17) is 5.73 Å². The predicted molar refractivity (Wildman–Crippen MR) is 117 cm³/mol. The van der Waals surface area contributed by atoms with Crippen LogP contribution in [0.5, 0.6) is 0 Å². The van der Waals surface area contributed by atoms with E-state index >= 15 is 0 Å². The highest BCUT2D eigenvalue weighted by Crippen LogP contribution is 2.27. The van der Waals surface area contributed by atoms with E-state index in [0.29, 0.717) is 12.1 Å². The molecule has 1 fully saturated rings. The lowest BCUT2D eigenvalue weighted by Gasteiger charge is -2.35. The van der Waals surface area contributed by atoms with E-state index in [1.54, 1.807) is 25.9 Å². The zero-order valence-corrected chi connectivity index (χ0v) is 17.3. The molecule has 0 bridgehead atoms. The second kappa shape index (κ2) is 8.86. The number of carbonyl (C=O) groups excluding carboxylic acids is 2. The molecule has 0 aliphatic carbocycles. The fourth-order valence-electron chi connectivity index (χ4n) is 3.38. The van der Waals surface area contributed by atoms with Crippen molar-refractivity contribution in [3.63, 3.8) is 0 Å². The molecule has 1 heterocycles. The monoisotopic (exact) mass is 395 g/mol. The summed E-state index contributed by atoms with van der Waals surface area (Å²) in [5.41, 5.74) is 10.6. The molecule has 0 spiro atoms. The van der Waals surface area contributed by atoms with Gasteiger partial charge in [0.1, 0.15) is 0 Å². The third kappa shape index (κ3) is 5.19. The molecule has 2 aromatic carbocycles. The number of carbonyl (C=O) groups is 2. The Morgan fingerprint density at radius 2 is 1.79 bits per heavy atom. The minimum absolute atomic E-state index is 0.0441. The lowest BCUT2D eigenvalue weighted by atomic mass is 10.1. The minimum atomic E-state index is 0.0441. The van der Waals surface area contributed by atoms with E-state index < -0.39 is 0 Å². The Balaban J connectivity index is 1.67. The molecule has 7 heteroatoms. The smallest absolute Gasteiger partial charge is 0.226 e. The van der Waals surface area contributed by atoms with Gasteiger partial charge in [0.2, 0.25) is 11.8 Å². The number of hydrogen-bond donors (Lipinski definition) is 2. The van der Waals surface area contributed by atoms with Crippen LogP contribution in [0.25, 0.3) is 0 Å². The molecule has 0 unspecified atom stereocenters. The molecule has 154 valence electrons. The van der Waals surface area contributed by atoms with Gasteiger partial charge in [-0.25, -0.2) is 0 Å². The van der Waals surface area contributed by atoms with Crippen molar-refractivity contribution in [1.82, 2.24) is 9.80 Å². The standard InChI is InChI=1S/C22H29N5O2/c1-16(28)26-9-11-27(12-10-26)19-6-4-5-18(15-19)24-21-8-7-17(13-20(21)23)14-22(29)25(2)3/h4-8,13,15,24H,9-12,14,23H2,1-3H3. The minimum Gasteiger partial charge on any atom is -0.397 e. The SMILES string of the molecule is CC(=O)N1CCN(c2cccc(Nc3ccc(CC(=O)N(C)C)cc3N)c2)CC1. The van der Waals surface area contributed by atoms with Gasteiger partial charge in [-0.15, -0.1) is 0 Å². The van der Waals surface area contributed by atoms with Crippen LogP contribution in [-0.4, -0.2) is 61.9 Å². The van der Waals surface area contributed by atoms with Gasteiger partial charge in [0.25, 0.3) is 0 Å². The molecule has 3 N–H and O–H groups in total. The average Bonchev–Trinajstić information content (AvgIpc) is 2.70. The number of nitrogens with one attached hydrogen (secondary N) is 1. The molecule has 2 amide bonds. The fourth-order valence-corrected chi connectivity index (χ4v) is 3.38. The summed E-state index contributed by atoms with van der Waals surface area (Å²) < 4.78 is 0. The predicted octanol–water partition coefficient (Wildman–Crippen LogP) is 2.31. The second-order valence-electron chi connectivity index (χ2n) is 7.55. The molecule has 7 nitrogen and oxygen atoms in total. The van der Waals surface area contributed by atoms with Crippen molar-refractivity contribution >= 4 is 34.6 Å². The quantitative estimate of drug-likeness (QED) is 0.760. The Hall–Kier alpha value is -3.22. The van der Waals surface area contributed by atoms with E-state index in [1.165, 1.54) is 0 Å². The Morgan fingerprint density at radius 1 is 1.07 bits per heavy atom. The van der Waals surface area contributed by atoms with Crippen molar-refractivity contribution in [2.45, 2.75) is 13.3 Å².